The van der Waals surface area contributed by atoms with Crippen LogP contribution in [0, 0.1) is 0 Å². The van der Waals surface area contributed by atoms with Crippen molar-refractivity contribution in [2.75, 3.05) is 4.90 Å². The zero-order valence-corrected chi connectivity index (χ0v) is 21.5. The first-order valence-electron chi connectivity index (χ1n) is 13.4. The summed E-state index contributed by atoms with van der Waals surface area (Å²) < 4.78 is 0. The van der Waals surface area contributed by atoms with E-state index in [0.717, 1.165) is 17.1 Å². The molecule has 0 saturated carbocycles. The summed E-state index contributed by atoms with van der Waals surface area (Å²) in [7, 11) is 0. The predicted octanol–water partition coefficient (Wildman–Crippen LogP) is 10.8. The number of hydrogen-bond acceptors (Lipinski definition) is 1. The van der Waals surface area contributed by atoms with E-state index in [0.29, 0.717) is 0 Å². The first kappa shape index (κ1) is 23.0. The number of benzene rings is 7. The van der Waals surface area contributed by atoms with Gasteiger partial charge in [0, 0.05) is 16.8 Å². The van der Waals surface area contributed by atoms with Gasteiger partial charge in [-0.05, 0) is 68.7 Å². The summed E-state index contributed by atoms with van der Waals surface area (Å²) in [5, 5.41) is 4.93. The van der Waals surface area contributed by atoms with Crippen molar-refractivity contribution in [2.24, 2.45) is 0 Å². The second kappa shape index (κ2) is 9.96. The predicted molar refractivity (Wildman–Crippen MR) is 167 cm³/mol. The molecule has 39 heavy (non-hydrogen) atoms. The highest BCUT2D eigenvalue weighted by Crippen LogP contribution is 2.43. The van der Waals surface area contributed by atoms with Gasteiger partial charge in [0.25, 0.3) is 0 Å². The van der Waals surface area contributed by atoms with Crippen molar-refractivity contribution in [3.05, 3.63) is 164 Å². The molecule has 0 fully saturated rings. The monoisotopic (exact) mass is 497 g/mol. The first-order chi connectivity index (χ1) is 19.3. The molecule has 0 amide bonds. The molecule has 0 unspecified atom stereocenters. The van der Waals surface area contributed by atoms with Gasteiger partial charge in [-0.25, -0.2) is 0 Å². The molecule has 0 aliphatic heterocycles. The van der Waals surface area contributed by atoms with Gasteiger partial charge in [0.1, 0.15) is 0 Å². The molecule has 0 spiro atoms. The highest BCUT2D eigenvalue weighted by Gasteiger charge is 2.18. The Morgan fingerprint density at radius 2 is 0.949 bits per heavy atom. The van der Waals surface area contributed by atoms with Gasteiger partial charge in [0.05, 0.1) is 5.69 Å². The second-order valence-electron chi connectivity index (χ2n) is 9.83. The fraction of sp³-hybridized carbons (Fsp3) is 0. The van der Waals surface area contributed by atoms with E-state index in [1.54, 1.807) is 0 Å². The van der Waals surface area contributed by atoms with Crippen LogP contribution in [0.1, 0.15) is 0 Å². The lowest BCUT2D eigenvalue weighted by atomic mass is 9.96. The minimum atomic E-state index is 1.13. The molecule has 184 valence electrons. The van der Waals surface area contributed by atoms with Gasteiger partial charge in [-0.3, -0.25) is 0 Å². The highest BCUT2D eigenvalue weighted by atomic mass is 15.1. The lowest BCUT2D eigenvalue weighted by molar-refractivity contribution is 1.30. The number of rotatable bonds is 5. The lowest BCUT2D eigenvalue weighted by Crippen LogP contribution is -2.10. The molecule has 0 aliphatic carbocycles. The molecule has 0 heterocycles. The number of nitrogens with zero attached hydrogens (tertiary/aromatic N) is 1. The van der Waals surface area contributed by atoms with Gasteiger partial charge in [-0.1, -0.05) is 133 Å². The smallest absolute Gasteiger partial charge is 0.0540 e. The minimum absolute atomic E-state index is 1.13. The SMILES string of the molecule is c1ccc(-c2cccc(N(c3ccc4ccccc4c3)c3ccc(-c4ccccc4)c4ccccc34)c2)cc1. The molecule has 0 radical (unpaired) electrons. The van der Waals surface area contributed by atoms with E-state index in [4.69, 9.17) is 0 Å². The Morgan fingerprint density at radius 3 is 1.74 bits per heavy atom. The Balaban J connectivity index is 1.48. The molecule has 0 saturated heterocycles. The van der Waals surface area contributed by atoms with Crippen LogP contribution in [-0.2, 0) is 0 Å². The van der Waals surface area contributed by atoms with Gasteiger partial charge in [-0.15, -0.1) is 0 Å². The molecule has 7 aromatic carbocycles. The average molecular weight is 498 g/mol. The van der Waals surface area contributed by atoms with Crippen LogP contribution in [0.2, 0.25) is 0 Å². The molecule has 0 N–H and O–H groups in total. The normalized spacial score (nSPS) is 11.1. The average Bonchev–Trinajstić information content (AvgIpc) is 3.02. The fourth-order valence-electron chi connectivity index (χ4n) is 5.55. The van der Waals surface area contributed by atoms with Crippen LogP contribution in [0.5, 0.6) is 0 Å². The van der Waals surface area contributed by atoms with E-state index >= 15 is 0 Å². The third-order valence-electron chi connectivity index (χ3n) is 7.43. The summed E-state index contributed by atoms with van der Waals surface area (Å²) in [4.78, 5) is 2.40. The summed E-state index contributed by atoms with van der Waals surface area (Å²) in [6.45, 7) is 0. The van der Waals surface area contributed by atoms with E-state index in [-0.39, 0.29) is 0 Å². The van der Waals surface area contributed by atoms with Crippen molar-refractivity contribution in [3.8, 4) is 22.3 Å². The lowest BCUT2D eigenvalue weighted by Gasteiger charge is -2.28. The second-order valence-corrected chi connectivity index (χ2v) is 9.83. The highest BCUT2D eigenvalue weighted by molar-refractivity contribution is 6.06. The summed E-state index contributed by atoms with van der Waals surface area (Å²) >= 11 is 0. The molecule has 1 heteroatoms. The Kier molecular flexibility index (Phi) is 5.88. The zero-order chi connectivity index (χ0) is 26.0. The Labute approximate surface area is 229 Å². The Bertz CT molecular complexity index is 1910. The van der Waals surface area contributed by atoms with E-state index < -0.39 is 0 Å². The molecule has 7 rings (SSSR count). The standard InChI is InChI=1S/C38H27N/c1-3-12-28(13-4-1)32-18-11-19-33(26-32)39(34-23-22-29-14-7-8-17-31(29)27-34)38-25-24-35(30-15-5-2-6-16-30)36-20-9-10-21-37(36)38/h1-27H. The molecule has 0 bridgehead atoms. The van der Waals surface area contributed by atoms with Crippen molar-refractivity contribution < 1.29 is 0 Å². The molecule has 7 aromatic rings. The van der Waals surface area contributed by atoms with E-state index in [2.05, 4.69) is 169 Å². The number of fused-ring (bicyclic) bond motifs is 2. The molecule has 1 nitrogen and oxygen atoms in total. The summed E-state index contributed by atoms with van der Waals surface area (Å²) in [5.74, 6) is 0. The van der Waals surface area contributed by atoms with Crippen molar-refractivity contribution in [1.82, 2.24) is 0 Å². The number of anilines is 3. The van der Waals surface area contributed by atoms with Crippen LogP contribution >= 0.6 is 0 Å². The largest absolute Gasteiger partial charge is 0.310 e. The summed E-state index contributed by atoms with van der Waals surface area (Å²) in [6.07, 6.45) is 0. The van der Waals surface area contributed by atoms with E-state index in [1.165, 1.54) is 43.8 Å². The van der Waals surface area contributed by atoms with Crippen LogP contribution in [0.4, 0.5) is 17.1 Å². The maximum absolute atomic E-state index is 2.40. The van der Waals surface area contributed by atoms with Crippen LogP contribution < -0.4 is 4.90 Å². The van der Waals surface area contributed by atoms with Crippen LogP contribution in [0.15, 0.2) is 164 Å². The molecular weight excluding hydrogens is 470 g/mol. The summed E-state index contributed by atoms with van der Waals surface area (Å²) in [5.41, 5.74) is 8.30. The molecule has 0 atom stereocenters. The van der Waals surface area contributed by atoms with Crippen LogP contribution in [0.25, 0.3) is 43.8 Å². The van der Waals surface area contributed by atoms with E-state index in [9.17, 15) is 0 Å². The van der Waals surface area contributed by atoms with Crippen molar-refractivity contribution in [3.63, 3.8) is 0 Å². The van der Waals surface area contributed by atoms with Gasteiger partial charge in [0.2, 0.25) is 0 Å². The van der Waals surface area contributed by atoms with Crippen molar-refractivity contribution in [1.29, 1.82) is 0 Å². The Hall–Kier alpha value is -5.14. The van der Waals surface area contributed by atoms with Crippen LogP contribution in [0.3, 0.4) is 0 Å². The maximum atomic E-state index is 2.40. The number of hydrogen-bond donors (Lipinski definition) is 0. The van der Waals surface area contributed by atoms with Gasteiger partial charge in [0.15, 0.2) is 0 Å². The zero-order valence-electron chi connectivity index (χ0n) is 21.5. The van der Waals surface area contributed by atoms with E-state index in [1.807, 2.05) is 0 Å². The molecular formula is C38H27N. The molecule has 0 aliphatic rings. The Morgan fingerprint density at radius 1 is 0.333 bits per heavy atom. The van der Waals surface area contributed by atoms with Gasteiger partial charge < -0.3 is 4.90 Å². The van der Waals surface area contributed by atoms with Gasteiger partial charge >= 0.3 is 0 Å². The minimum Gasteiger partial charge on any atom is -0.310 e. The molecule has 0 aromatic heterocycles. The maximum Gasteiger partial charge on any atom is 0.0540 e. The first-order valence-corrected chi connectivity index (χ1v) is 13.4. The quantitative estimate of drug-likeness (QED) is 0.229. The van der Waals surface area contributed by atoms with Crippen molar-refractivity contribution >= 4 is 38.6 Å². The fourth-order valence-corrected chi connectivity index (χ4v) is 5.55. The summed E-state index contributed by atoms with van der Waals surface area (Å²) in [6, 6.07) is 58.7. The third kappa shape index (κ3) is 4.35. The van der Waals surface area contributed by atoms with Crippen LogP contribution in [-0.4, -0.2) is 0 Å². The topological polar surface area (TPSA) is 3.24 Å². The van der Waals surface area contributed by atoms with Crippen molar-refractivity contribution in [2.45, 2.75) is 0 Å². The third-order valence-corrected chi connectivity index (χ3v) is 7.43. The van der Waals surface area contributed by atoms with Gasteiger partial charge in [-0.2, -0.15) is 0 Å².